The Morgan fingerprint density at radius 1 is 0.619 bits per heavy atom. The maximum absolute atomic E-state index is 10.9. The van der Waals surface area contributed by atoms with Gasteiger partial charge in [0, 0.05) is 13.1 Å². The lowest BCUT2D eigenvalue weighted by Gasteiger charge is -2.04. The first kappa shape index (κ1) is 19.4. The highest BCUT2D eigenvalue weighted by Crippen LogP contribution is 2.09. The molecule has 0 saturated heterocycles. The molecule has 21 heavy (non-hydrogen) atoms. The molecular weight excluding hydrogens is 264 g/mol. The van der Waals surface area contributed by atoms with Gasteiger partial charge in [-0.1, -0.05) is 58.1 Å². The number of hydrogen-bond donors (Lipinski definition) is 2. The zero-order chi connectivity index (χ0) is 15.8. The van der Waals surface area contributed by atoms with E-state index in [9.17, 15) is 9.59 Å². The summed E-state index contributed by atoms with van der Waals surface area (Å²) < 4.78 is 0. The number of carbonyl (C=O) groups excluding carboxylic acids is 2. The number of rotatable bonds is 14. The molecule has 0 rings (SSSR count). The van der Waals surface area contributed by atoms with Crippen molar-refractivity contribution in [3.8, 4) is 0 Å². The smallest absolute Gasteiger partial charge is 0.243 e. The molecule has 0 unspecified atom stereocenters. The molecule has 0 aromatic rings. The minimum absolute atomic E-state index is 0.0840. The van der Waals surface area contributed by atoms with E-state index < -0.39 is 0 Å². The Morgan fingerprint density at radius 2 is 0.905 bits per heavy atom. The molecule has 0 aromatic carbocycles. The van der Waals surface area contributed by atoms with Gasteiger partial charge < -0.3 is 10.6 Å². The van der Waals surface area contributed by atoms with Crippen LogP contribution in [-0.4, -0.2) is 24.9 Å². The highest BCUT2D eigenvalue weighted by molar-refractivity contribution is 5.87. The van der Waals surface area contributed by atoms with Crippen molar-refractivity contribution >= 4 is 11.8 Å². The summed E-state index contributed by atoms with van der Waals surface area (Å²) in [5.41, 5.74) is 0. The Morgan fingerprint density at radius 3 is 1.19 bits per heavy atom. The molecule has 4 nitrogen and oxygen atoms in total. The molecule has 2 N–H and O–H groups in total. The number of carbonyl (C=O) groups is 2. The van der Waals surface area contributed by atoms with E-state index in [2.05, 4.69) is 23.8 Å². The topological polar surface area (TPSA) is 58.2 Å². The van der Waals surface area contributed by atoms with Crippen LogP contribution in [0.3, 0.4) is 0 Å². The molecule has 0 aliphatic carbocycles. The Labute approximate surface area is 129 Å². The maximum atomic E-state index is 10.9. The molecule has 4 heteroatoms. The molecule has 0 aliphatic rings. The van der Waals surface area contributed by atoms with Crippen LogP contribution in [0, 0.1) is 0 Å². The van der Waals surface area contributed by atoms with Crippen molar-refractivity contribution in [2.24, 2.45) is 0 Å². The predicted molar refractivity (Wildman–Crippen MR) is 88.0 cm³/mol. The lowest BCUT2D eigenvalue weighted by molar-refractivity contribution is -0.117. The third-order valence-corrected chi connectivity index (χ3v) is 3.32. The summed E-state index contributed by atoms with van der Waals surface area (Å²) in [6.07, 6.45) is 13.3. The van der Waals surface area contributed by atoms with Crippen molar-refractivity contribution in [1.29, 1.82) is 0 Å². The van der Waals surface area contributed by atoms with Crippen LogP contribution in [0.25, 0.3) is 0 Å². The van der Waals surface area contributed by atoms with E-state index >= 15 is 0 Å². The van der Waals surface area contributed by atoms with Crippen molar-refractivity contribution in [1.82, 2.24) is 10.6 Å². The third kappa shape index (κ3) is 14.6. The second kappa shape index (κ2) is 14.8. The Hall–Kier alpha value is -1.58. The molecule has 0 atom stereocenters. The SMILES string of the molecule is C=CC(=O)NCCCCCCCCCCCNC(=O)C=C. The first-order valence-electron chi connectivity index (χ1n) is 8.01. The van der Waals surface area contributed by atoms with Crippen LogP contribution in [0.1, 0.15) is 57.8 Å². The minimum Gasteiger partial charge on any atom is -0.353 e. The fourth-order valence-corrected chi connectivity index (χ4v) is 2.05. The van der Waals surface area contributed by atoms with Crippen LogP contribution in [0.5, 0.6) is 0 Å². The van der Waals surface area contributed by atoms with Gasteiger partial charge in [0.1, 0.15) is 0 Å². The van der Waals surface area contributed by atoms with Gasteiger partial charge in [0.05, 0.1) is 0 Å². The fourth-order valence-electron chi connectivity index (χ4n) is 2.05. The molecule has 0 saturated carbocycles. The molecule has 0 heterocycles. The molecular formula is C17H30N2O2. The average molecular weight is 294 g/mol. The van der Waals surface area contributed by atoms with Crippen LogP contribution >= 0.6 is 0 Å². The number of unbranched alkanes of at least 4 members (excludes halogenated alkanes) is 8. The second-order valence-electron chi connectivity index (χ2n) is 5.17. The normalized spacial score (nSPS) is 9.90. The Bertz CT molecular complexity index is 284. The van der Waals surface area contributed by atoms with Crippen molar-refractivity contribution in [2.75, 3.05) is 13.1 Å². The van der Waals surface area contributed by atoms with Crippen LogP contribution < -0.4 is 10.6 Å². The summed E-state index contributed by atoms with van der Waals surface area (Å²) in [7, 11) is 0. The van der Waals surface area contributed by atoms with Gasteiger partial charge in [-0.2, -0.15) is 0 Å². The highest BCUT2D eigenvalue weighted by Gasteiger charge is 1.95. The highest BCUT2D eigenvalue weighted by atomic mass is 16.2. The quantitative estimate of drug-likeness (QED) is 0.382. The van der Waals surface area contributed by atoms with E-state index in [0.29, 0.717) is 0 Å². The predicted octanol–water partition coefficient (Wildman–Crippen LogP) is 3.10. The summed E-state index contributed by atoms with van der Waals surface area (Å²) in [6.45, 7) is 8.33. The van der Waals surface area contributed by atoms with Gasteiger partial charge in [0.15, 0.2) is 0 Å². The molecule has 0 spiro atoms. The van der Waals surface area contributed by atoms with Crippen molar-refractivity contribution in [3.63, 3.8) is 0 Å². The molecule has 120 valence electrons. The standard InChI is InChI=1S/C17H30N2O2/c1-3-16(20)18-14-12-10-8-6-5-7-9-11-13-15-19-17(21)4-2/h3-4H,1-2,5-15H2,(H,18,20)(H,19,21). The fraction of sp³-hybridized carbons (Fsp3) is 0.647. The number of nitrogens with one attached hydrogen (secondary N) is 2. The second-order valence-corrected chi connectivity index (χ2v) is 5.17. The van der Waals surface area contributed by atoms with E-state index in [4.69, 9.17) is 0 Å². The minimum atomic E-state index is -0.0840. The lowest BCUT2D eigenvalue weighted by Crippen LogP contribution is -2.21. The average Bonchev–Trinajstić information content (AvgIpc) is 2.51. The van der Waals surface area contributed by atoms with Gasteiger partial charge in [-0.25, -0.2) is 0 Å². The summed E-state index contributed by atoms with van der Waals surface area (Å²) in [6, 6.07) is 0. The van der Waals surface area contributed by atoms with Crippen LogP contribution in [0.15, 0.2) is 25.3 Å². The lowest BCUT2D eigenvalue weighted by atomic mass is 10.1. The summed E-state index contributed by atoms with van der Waals surface area (Å²) in [5, 5.41) is 5.56. The van der Waals surface area contributed by atoms with Gasteiger partial charge in [-0.15, -0.1) is 0 Å². The van der Waals surface area contributed by atoms with Gasteiger partial charge >= 0.3 is 0 Å². The van der Waals surface area contributed by atoms with Gasteiger partial charge in [-0.3, -0.25) is 9.59 Å². The third-order valence-electron chi connectivity index (χ3n) is 3.32. The summed E-state index contributed by atoms with van der Waals surface area (Å²) in [5.74, 6) is -0.168. The summed E-state index contributed by atoms with van der Waals surface area (Å²) >= 11 is 0. The summed E-state index contributed by atoms with van der Waals surface area (Å²) in [4.78, 5) is 21.8. The first-order valence-corrected chi connectivity index (χ1v) is 8.01. The molecule has 0 fully saturated rings. The zero-order valence-electron chi connectivity index (χ0n) is 13.2. The van der Waals surface area contributed by atoms with E-state index in [1.807, 2.05) is 0 Å². The maximum Gasteiger partial charge on any atom is 0.243 e. The Kier molecular flexibility index (Phi) is 13.7. The molecule has 0 radical (unpaired) electrons. The van der Waals surface area contributed by atoms with E-state index in [1.165, 1.54) is 57.1 Å². The molecule has 2 amide bonds. The number of amides is 2. The molecule has 0 aliphatic heterocycles. The van der Waals surface area contributed by atoms with E-state index in [-0.39, 0.29) is 11.8 Å². The van der Waals surface area contributed by atoms with Gasteiger partial charge in [0.2, 0.25) is 11.8 Å². The molecule has 0 aromatic heterocycles. The van der Waals surface area contributed by atoms with Crippen LogP contribution in [0.2, 0.25) is 0 Å². The van der Waals surface area contributed by atoms with E-state index in [1.54, 1.807) is 0 Å². The van der Waals surface area contributed by atoms with Crippen LogP contribution in [0.4, 0.5) is 0 Å². The van der Waals surface area contributed by atoms with E-state index in [0.717, 1.165) is 25.9 Å². The monoisotopic (exact) mass is 294 g/mol. The van der Waals surface area contributed by atoms with Crippen molar-refractivity contribution < 1.29 is 9.59 Å². The first-order chi connectivity index (χ1) is 10.2. The zero-order valence-corrected chi connectivity index (χ0v) is 13.2. The van der Waals surface area contributed by atoms with Crippen molar-refractivity contribution in [2.45, 2.75) is 57.8 Å². The van der Waals surface area contributed by atoms with Crippen LogP contribution in [-0.2, 0) is 9.59 Å². The molecule has 0 bridgehead atoms. The van der Waals surface area contributed by atoms with Crippen molar-refractivity contribution in [3.05, 3.63) is 25.3 Å². The van der Waals surface area contributed by atoms with Gasteiger partial charge in [-0.05, 0) is 25.0 Å². The Balaban J connectivity index is 3.09. The number of hydrogen-bond acceptors (Lipinski definition) is 2. The largest absolute Gasteiger partial charge is 0.353 e. The van der Waals surface area contributed by atoms with Gasteiger partial charge in [0.25, 0.3) is 0 Å².